The molecular weight excluding hydrogens is 280 g/mol. The molecule has 1 saturated heterocycles. The number of likely N-dealkylation sites (tertiary alicyclic amines) is 1. The van der Waals surface area contributed by atoms with Crippen LogP contribution in [0.4, 0.5) is 0 Å². The van der Waals surface area contributed by atoms with Gasteiger partial charge in [-0.1, -0.05) is 15.9 Å². The standard InChI is InChI=1S/C12H15BrN4/c1-16-4-2-9(8-16)6-11-14-15-12-7-10(13)3-5-17(11)12/h3,5,7,9H,2,4,6,8H2,1H3. The van der Waals surface area contributed by atoms with Crippen LogP contribution in [-0.4, -0.2) is 39.6 Å². The second-order valence-electron chi connectivity index (χ2n) is 4.81. The molecular formula is C12H15BrN4. The molecule has 0 radical (unpaired) electrons. The molecule has 17 heavy (non-hydrogen) atoms. The van der Waals surface area contributed by atoms with Crippen molar-refractivity contribution in [2.45, 2.75) is 12.8 Å². The molecule has 0 N–H and O–H groups in total. The SMILES string of the molecule is CN1CCC(Cc2nnc3cc(Br)ccn23)C1. The van der Waals surface area contributed by atoms with E-state index in [1.165, 1.54) is 19.5 Å². The average Bonchev–Trinajstić information content (AvgIpc) is 2.86. The van der Waals surface area contributed by atoms with Crippen LogP contribution in [0.2, 0.25) is 0 Å². The smallest absolute Gasteiger partial charge is 0.161 e. The number of hydrogen-bond acceptors (Lipinski definition) is 3. The fourth-order valence-corrected chi connectivity index (χ4v) is 2.83. The van der Waals surface area contributed by atoms with Crippen molar-refractivity contribution in [2.24, 2.45) is 5.92 Å². The third kappa shape index (κ3) is 2.21. The van der Waals surface area contributed by atoms with E-state index in [0.717, 1.165) is 28.3 Å². The van der Waals surface area contributed by atoms with Gasteiger partial charge in [-0.3, -0.25) is 4.40 Å². The molecule has 3 rings (SSSR count). The Hall–Kier alpha value is -0.940. The molecule has 3 heterocycles. The van der Waals surface area contributed by atoms with Gasteiger partial charge < -0.3 is 4.90 Å². The second-order valence-corrected chi connectivity index (χ2v) is 5.73. The van der Waals surface area contributed by atoms with Crippen LogP contribution < -0.4 is 0 Å². The highest BCUT2D eigenvalue weighted by Gasteiger charge is 2.21. The highest BCUT2D eigenvalue weighted by molar-refractivity contribution is 9.10. The van der Waals surface area contributed by atoms with Crippen LogP contribution in [0.3, 0.4) is 0 Å². The molecule has 1 atom stereocenters. The zero-order chi connectivity index (χ0) is 11.8. The summed E-state index contributed by atoms with van der Waals surface area (Å²) in [6.45, 7) is 2.37. The minimum Gasteiger partial charge on any atom is -0.306 e. The Kier molecular flexibility index (Phi) is 2.88. The molecule has 0 aliphatic carbocycles. The lowest BCUT2D eigenvalue weighted by molar-refractivity contribution is 0.392. The van der Waals surface area contributed by atoms with Gasteiger partial charge in [0.15, 0.2) is 5.65 Å². The normalized spacial score (nSPS) is 21.4. The van der Waals surface area contributed by atoms with E-state index in [2.05, 4.69) is 42.5 Å². The lowest BCUT2D eigenvalue weighted by Gasteiger charge is -2.08. The maximum Gasteiger partial charge on any atom is 0.161 e. The quantitative estimate of drug-likeness (QED) is 0.849. The van der Waals surface area contributed by atoms with Crippen molar-refractivity contribution in [3.05, 3.63) is 28.6 Å². The first kappa shape index (κ1) is 11.2. The summed E-state index contributed by atoms with van der Waals surface area (Å²) in [7, 11) is 2.18. The number of halogens is 1. The summed E-state index contributed by atoms with van der Waals surface area (Å²) in [4.78, 5) is 2.38. The summed E-state index contributed by atoms with van der Waals surface area (Å²) < 4.78 is 3.13. The van der Waals surface area contributed by atoms with Gasteiger partial charge >= 0.3 is 0 Å². The van der Waals surface area contributed by atoms with Crippen molar-refractivity contribution < 1.29 is 0 Å². The molecule has 2 aromatic heterocycles. The highest BCUT2D eigenvalue weighted by atomic mass is 79.9. The third-order valence-electron chi connectivity index (χ3n) is 3.40. The molecule has 0 saturated carbocycles. The maximum atomic E-state index is 4.30. The molecule has 2 aromatic rings. The van der Waals surface area contributed by atoms with E-state index < -0.39 is 0 Å². The van der Waals surface area contributed by atoms with Gasteiger partial charge in [0.05, 0.1) is 0 Å². The van der Waals surface area contributed by atoms with Gasteiger partial charge in [-0.05, 0) is 38.1 Å². The lowest BCUT2D eigenvalue weighted by Crippen LogP contribution is -2.15. The molecule has 90 valence electrons. The van der Waals surface area contributed by atoms with Crippen molar-refractivity contribution in [2.75, 3.05) is 20.1 Å². The molecule has 0 amide bonds. The molecule has 1 fully saturated rings. The topological polar surface area (TPSA) is 33.4 Å². The Labute approximate surface area is 109 Å². The summed E-state index contributed by atoms with van der Waals surface area (Å²) in [5.41, 5.74) is 0.917. The Balaban J connectivity index is 1.85. The van der Waals surface area contributed by atoms with Crippen LogP contribution in [0, 0.1) is 5.92 Å². The average molecular weight is 295 g/mol. The summed E-state index contributed by atoms with van der Waals surface area (Å²) in [5.74, 6) is 1.80. The van der Waals surface area contributed by atoms with E-state index in [4.69, 9.17) is 0 Å². The van der Waals surface area contributed by atoms with Gasteiger partial charge in [-0.15, -0.1) is 10.2 Å². The summed E-state index contributed by atoms with van der Waals surface area (Å²) in [6.07, 6.45) is 4.32. The van der Waals surface area contributed by atoms with Crippen LogP contribution in [-0.2, 0) is 6.42 Å². The molecule has 1 unspecified atom stereocenters. The molecule has 5 heteroatoms. The Morgan fingerprint density at radius 3 is 3.12 bits per heavy atom. The third-order valence-corrected chi connectivity index (χ3v) is 3.90. The Bertz CT molecular complexity index is 536. The second kappa shape index (κ2) is 4.38. The zero-order valence-electron chi connectivity index (χ0n) is 9.80. The van der Waals surface area contributed by atoms with Gasteiger partial charge in [-0.25, -0.2) is 0 Å². The monoisotopic (exact) mass is 294 g/mol. The first-order valence-corrected chi connectivity index (χ1v) is 6.69. The zero-order valence-corrected chi connectivity index (χ0v) is 11.4. The largest absolute Gasteiger partial charge is 0.306 e. The van der Waals surface area contributed by atoms with Crippen molar-refractivity contribution in [3.8, 4) is 0 Å². The number of hydrogen-bond donors (Lipinski definition) is 0. The van der Waals surface area contributed by atoms with Crippen LogP contribution in [0.25, 0.3) is 5.65 Å². The molecule has 1 aliphatic rings. The van der Waals surface area contributed by atoms with E-state index >= 15 is 0 Å². The maximum absolute atomic E-state index is 4.30. The molecule has 0 spiro atoms. The predicted molar refractivity (Wildman–Crippen MR) is 70.0 cm³/mol. The van der Waals surface area contributed by atoms with Crippen molar-refractivity contribution >= 4 is 21.6 Å². The number of aromatic nitrogens is 3. The van der Waals surface area contributed by atoms with Crippen LogP contribution in [0.15, 0.2) is 22.8 Å². The Morgan fingerprint density at radius 2 is 2.35 bits per heavy atom. The fourth-order valence-electron chi connectivity index (χ4n) is 2.51. The number of rotatable bonds is 2. The minimum atomic E-state index is 0.719. The predicted octanol–water partition coefficient (Wildman–Crippen LogP) is 1.99. The van der Waals surface area contributed by atoms with Crippen molar-refractivity contribution in [3.63, 3.8) is 0 Å². The van der Waals surface area contributed by atoms with E-state index in [0.29, 0.717) is 0 Å². The van der Waals surface area contributed by atoms with Gasteiger partial charge in [0.1, 0.15) is 5.82 Å². The van der Waals surface area contributed by atoms with E-state index in [1.807, 2.05) is 18.3 Å². The van der Waals surface area contributed by atoms with Crippen LogP contribution in [0.1, 0.15) is 12.2 Å². The highest BCUT2D eigenvalue weighted by Crippen LogP contribution is 2.20. The summed E-state index contributed by atoms with van der Waals surface area (Å²) >= 11 is 3.45. The number of fused-ring (bicyclic) bond motifs is 1. The summed E-state index contributed by atoms with van der Waals surface area (Å²) in [6, 6.07) is 4.03. The first-order valence-electron chi connectivity index (χ1n) is 5.90. The minimum absolute atomic E-state index is 0.719. The van der Waals surface area contributed by atoms with Gasteiger partial charge in [0, 0.05) is 23.6 Å². The molecule has 4 nitrogen and oxygen atoms in total. The van der Waals surface area contributed by atoms with Crippen molar-refractivity contribution in [1.29, 1.82) is 0 Å². The lowest BCUT2D eigenvalue weighted by atomic mass is 10.0. The van der Waals surface area contributed by atoms with Crippen LogP contribution >= 0.6 is 15.9 Å². The first-order chi connectivity index (χ1) is 8.22. The number of pyridine rings is 1. The van der Waals surface area contributed by atoms with Crippen LogP contribution in [0.5, 0.6) is 0 Å². The molecule has 0 aromatic carbocycles. The fraction of sp³-hybridized carbons (Fsp3) is 0.500. The van der Waals surface area contributed by atoms with Crippen molar-refractivity contribution in [1.82, 2.24) is 19.5 Å². The van der Waals surface area contributed by atoms with Gasteiger partial charge in [-0.2, -0.15) is 0 Å². The van der Waals surface area contributed by atoms with E-state index in [1.54, 1.807) is 0 Å². The van der Waals surface area contributed by atoms with Gasteiger partial charge in [0.2, 0.25) is 0 Å². The van der Waals surface area contributed by atoms with E-state index in [-0.39, 0.29) is 0 Å². The Morgan fingerprint density at radius 1 is 1.47 bits per heavy atom. The molecule has 1 aliphatic heterocycles. The van der Waals surface area contributed by atoms with Gasteiger partial charge in [0.25, 0.3) is 0 Å². The summed E-state index contributed by atoms with van der Waals surface area (Å²) in [5, 5.41) is 8.51. The molecule has 0 bridgehead atoms. The van der Waals surface area contributed by atoms with E-state index in [9.17, 15) is 0 Å². The number of nitrogens with zero attached hydrogens (tertiary/aromatic N) is 4.